The molecule has 2 N–H and O–H groups in total. The zero-order valence-corrected chi connectivity index (χ0v) is 11.7. The van der Waals surface area contributed by atoms with E-state index in [9.17, 15) is 9.59 Å². The van der Waals surface area contributed by atoms with Crippen LogP contribution in [0.25, 0.3) is 0 Å². The van der Waals surface area contributed by atoms with Gasteiger partial charge in [0.25, 0.3) is 0 Å². The van der Waals surface area contributed by atoms with E-state index in [1.807, 2.05) is 24.3 Å². The molecule has 110 valence electrons. The summed E-state index contributed by atoms with van der Waals surface area (Å²) in [5, 5.41) is 11.3. The molecule has 5 nitrogen and oxygen atoms in total. The number of carboxylic acids is 1. The molecule has 0 radical (unpaired) electrons. The third-order valence-electron chi connectivity index (χ3n) is 2.94. The van der Waals surface area contributed by atoms with Crippen LogP contribution in [0, 0.1) is 0 Å². The van der Waals surface area contributed by atoms with Gasteiger partial charge in [-0.25, -0.2) is 0 Å². The van der Waals surface area contributed by atoms with Crippen molar-refractivity contribution < 1.29 is 19.4 Å². The van der Waals surface area contributed by atoms with Crippen molar-refractivity contribution in [3.8, 4) is 5.75 Å². The minimum absolute atomic E-state index is 0.00357. The van der Waals surface area contributed by atoms with Gasteiger partial charge in [0.05, 0.1) is 7.11 Å². The molecule has 20 heavy (non-hydrogen) atoms. The largest absolute Gasteiger partial charge is 0.497 e. The second-order valence-corrected chi connectivity index (χ2v) is 4.58. The molecule has 0 unspecified atom stereocenters. The maximum absolute atomic E-state index is 11.6. The van der Waals surface area contributed by atoms with Crippen LogP contribution in [0.15, 0.2) is 24.3 Å². The van der Waals surface area contributed by atoms with Crippen LogP contribution >= 0.6 is 0 Å². The van der Waals surface area contributed by atoms with E-state index in [0.717, 1.165) is 24.2 Å². The van der Waals surface area contributed by atoms with Crippen molar-refractivity contribution in [1.29, 1.82) is 0 Å². The van der Waals surface area contributed by atoms with Gasteiger partial charge in [0.1, 0.15) is 5.75 Å². The topological polar surface area (TPSA) is 75.6 Å². The number of carbonyl (C=O) groups is 2. The number of ether oxygens (including phenoxy) is 1. The van der Waals surface area contributed by atoms with Gasteiger partial charge in [0.15, 0.2) is 0 Å². The Balaban J connectivity index is 2.14. The Labute approximate surface area is 118 Å². The average molecular weight is 279 g/mol. The molecule has 0 heterocycles. The van der Waals surface area contributed by atoms with Crippen molar-refractivity contribution in [1.82, 2.24) is 5.32 Å². The fourth-order valence-corrected chi connectivity index (χ4v) is 1.77. The molecular weight excluding hydrogens is 258 g/mol. The van der Waals surface area contributed by atoms with Crippen LogP contribution in [-0.2, 0) is 16.1 Å². The predicted octanol–water partition coefficient (Wildman–Crippen LogP) is 2.35. The minimum Gasteiger partial charge on any atom is -0.497 e. The first kappa shape index (κ1) is 16.0. The molecule has 1 aromatic rings. The highest BCUT2D eigenvalue weighted by molar-refractivity contribution is 5.75. The maximum atomic E-state index is 11.6. The van der Waals surface area contributed by atoms with Crippen LogP contribution in [0.5, 0.6) is 5.75 Å². The molecule has 0 aliphatic carbocycles. The monoisotopic (exact) mass is 279 g/mol. The lowest BCUT2D eigenvalue weighted by atomic mass is 10.1. The molecule has 0 spiro atoms. The van der Waals surface area contributed by atoms with E-state index in [2.05, 4.69) is 5.32 Å². The number of amides is 1. The summed E-state index contributed by atoms with van der Waals surface area (Å²) in [5.41, 5.74) is 1.02. The number of nitrogens with one attached hydrogen (secondary N) is 1. The van der Waals surface area contributed by atoms with Crippen molar-refractivity contribution in [3.05, 3.63) is 29.8 Å². The van der Waals surface area contributed by atoms with Crippen molar-refractivity contribution in [3.63, 3.8) is 0 Å². The number of hydrogen-bond acceptors (Lipinski definition) is 3. The van der Waals surface area contributed by atoms with Crippen LogP contribution in [0.3, 0.4) is 0 Å². The second-order valence-electron chi connectivity index (χ2n) is 4.58. The number of hydrogen-bond donors (Lipinski definition) is 2. The van der Waals surface area contributed by atoms with Gasteiger partial charge in [-0.2, -0.15) is 0 Å². The van der Waals surface area contributed by atoms with Crippen molar-refractivity contribution >= 4 is 11.9 Å². The van der Waals surface area contributed by atoms with Crippen LogP contribution < -0.4 is 10.1 Å². The molecule has 0 saturated heterocycles. The van der Waals surface area contributed by atoms with Gasteiger partial charge in [-0.15, -0.1) is 0 Å². The molecule has 5 heteroatoms. The lowest BCUT2D eigenvalue weighted by Crippen LogP contribution is -2.22. The Morgan fingerprint density at radius 2 is 1.75 bits per heavy atom. The molecule has 1 rings (SSSR count). The molecule has 0 aromatic heterocycles. The van der Waals surface area contributed by atoms with E-state index in [0.29, 0.717) is 19.4 Å². The number of carbonyl (C=O) groups excluding carboxylic acids is 1. The van der Waals surface area contributed by atoms with Crippen molar-refractivity contribution in [2.45, 2.75) is 38.6 Å². The minimum atomic E-state index is -0.783. The highest BCUT2D eigenvalue weighted by Gasteiger charge is 2.02. The first-order valence-electron chi connectivity index (χ1n) is 6.73. The van der Waals surface area contributed by atoms with Crippen LogP contribution in [0.2, 0.25) is 0 Å². The molecule has 0 aliphatic heterocycles. The summed E-state index contributed by atoms with van der Waals surface area (Å²) < 4.78 is 5.06. The highest BCUT2D eigenvalue weighted by atomic mass is 16.5. The van der Waals surface area contributed by atoms with Crippen molar-refractivity contribution in [2.75, 3.05) is 7.11 Å². The molecule has 0 saturated carbocycles. The second kappa shape index (κ2) is 8.96. The number of unbranched alkanes of at least 4 members (excludes halogenated alkanes) is 2. The van der Waals surface area contributed by atoms with E-state index in [4.69, 9.17) is 9.84 Å². The molecule has 1 amide bonds. The normalized spacial score (nSPS) is 10.1. The van der Waals surface area contributed by atoms with Gasteiger partial charge in [-0.3, -0.25) is 9.59 Å². The highest BCUT2D eigenvalue weighted by Crippen LogP contribution is 2.11. The number of rotatable bonds is 9. The first-order chi connectivity index (χ1) is 9.61. The quantitative estimate of drug-likeness (QED) is 0.680. The van der Waals surface area contributed by atoms with E-state index < -0.39 is 5.97 Å². The van der Waals surface area contributed by atoms with Crippen LogP contribution in [-0.4, -0.2) is 24.1 Å². The van der Waals surface area contributed by atoms with Crippen LogP contribution in [0.4, 0.5) is 0 Å². The van der Waals surface area contributed by atoms with Gasteiger partial charge in [-0.1, -0.05) is 18.6 Å². The van der Waals surface area contributed by atoms with Gasteiger partial charge in [0, 0.05) is 19.4 Å². The summed E-state index contributed by atoms with van der Waals surface area (Å²) in [4.78, 5) is 21.9. The van der Waals surface area contributed by atoms with Crippen LogP contribution in [0.1, 0.15) is 37.7 Å². The summed E-state index contributed by atoms with van der Waals surface area (Å²) in [5.74, 6) is 0.00334. The molecule has 0 atom stereocenters. The Bertz CT molecular complexity index is 428. The average Bonchev–Trinajstić information content (AvgIpc) is 2.45. The Hall–Kier alpha value is -2.04. The zero-order chi connectivity index (χ0) is 14.8. The smallest absolute Gasteiger partial charge is 0.303 e. The van der Waals surface area contributed by atoms with Crippen molar-refractivity contribution in [2.24, 2.45) is 0 Å². The Morgan fingerprint density at radius 1 is 1.10 bits per heavy atom. The van der Waals surface area contributed by atoms with Gasteiger partial charge in [-0.05, 0) is 30.5 Å². The van der Waals surface area contributed by atoms with E-state index in [1.165, 1.54) is 0 Å². The van der Waals surface area contributed by atoms with E-state index >= 15 is 0 Å². The summed E-state index contributed by atoms with van der Waals surface area (Å²) >= 11 is 0. The molecule has 1 aromatic carbocycles. The number of methoxy groups -OCH3 is 1. The number of aliphatic carboxylic acids is 1. The molecular formula is C15H21NO4. The zero-order valence-electron chi connectivity index (χ0n) is 11.7. The fraction of sp³-hybridized carbons (Fsp3) is 0.467. The third-order valence-corrected chi connectivity index (χ3v) is 2.94. The third kappa shape index (κ3) is 6.78. The first-order valence-corrected chi connectivity index (χ1v) is 6.73. The molecule has 0 fully saturated rings. The van der Waals surface area contributed by atoms with Gasteiger partial charge < -0.3 is 15.2 Å². The predicted molar refractivity (Wildman–Crippen MR) is 75.6 cm³/mol. The molecule has 0 aliphatic rings. The lowest BCUT2D eigenvalue weighted by molar-refractivity contribution is -0.137. The van der Waals surface area contributed by atoms with Gasteiger partial charge in [0.2, 0.25) is 5.91 Å². The summed E-state index contributed by atoms with van der Waals surface area (Å²) in [7, 11) is 1.61. The molecule has 0 bridgehead atoms. The van der Waals surface area contributed by atoms with E-state index in [1.54, 1.807) is 7.11 Å². The lowest BCUT2D eigenvalue weighted by Gasteiger charge is -2.06. The summed E-state index contributed by atoms with van der Waals surface area (Å²) in [6.07, 6.45) is 2.73. The Morgan fingerprint density at radius 3 is 2.35 bits per heavy atom. The number of carboxylic acid groups (broad SMARTS) is 1. The fourth-order valence-electron chi connectivity index (χ4n) is 1.77. The maximum Gasteiger partial charge on any atom is 0.303 e. The summed E-state index contributed by atoms with van der Waals surface area (Å²) in [6, 6.07) is 7.53. The Kier molecular flexibility index (Phi) is 7.17. The van der Waals surface area contributed by atoms with Gasteiger partial charge >= 0.3 is 5.97 Å². The van der Waals surface area contributed by atoms with E-state index in [-0.39, 0.29) is 12.3 Å². The summed E-state index contributed by atoms with van der Waals surface area (Å²) in [6.45, 7) is 0.498. The SMILES string of the molecule is COc1ccc(CNC(=O)CCCCCC(=O)O)cc1. The standard InChI is InChI=1S/C15H21NO4/c1-20-13-9-7-12(8-10-13)11-16-14(17)5-3-2-4-6-15(18)19/h7-10H,2-6,11H2,1H3,(H,16,17)(H,18,19). The number of benzene rings is 1.